The highest BCUT2D eigenvalue weighted by molar-refractivity contribution is 6.02. The average Bonchev–Trinajstić information content (AvgIpc) is 2.88. The number of nitrogens with zero attached hydrogens (tertiary/aromatic N) is 1. The number of carbonyl (C=O) groups excluding carboxylic acids is 2. The summed E-state index contributed by atoms with van der Waals surface area (Å²) >= 11 is 0. The summed E-state index contributed by atoms with van der Waals surface area (Å²) in [5.41, 5.74) is 7.96. The van der Waals surface area contributed by atoms with Crippen LogP contribution in [0.1, 0.15) is 41.3 Å². The normalized spacial score (nSPS) is 14.4. The van der Waals surface area contributed by atoms with Gasteiger partial charge < -0.3 is 20.7 Å². The average molecular weight is 317 g/mol. The van der Waals surface area contributed by atoms with Crippen molar-refractivity contribution in [2.75, 3.05) is 7.11 Å². The molecule has 1 aromatic carbocycles. The highest BCUT2D eigenvalue weighted by Crippen LogP contribution is 2.35. The second kappa shape index (κ2) is 7.28. The van der Waals surface area contributed by atoms with Gasteiger partial charge in [0.1, 0.15) is 11.8 Å². The van der Waals surface area contributed by atoms with Gasteiger partial charge in [0.15, 0.2) is 0 Å². The number of fused-ring (bicyclic) bond motifs is 1. The smallest absolute Gasteiger partial charge is 0.255 e. The van der Waals surface area contributed by atoms with E-state index >= 15 is 0 Å². The third-order valence-corrected chi connectivity index (χ3v) is 4.07. The molecule has 0 saturated carbocycles. The summed E-state index contributed by atoms with van der Waals surface area (Å²) in [6.07, 6.45) is 2.72. The molecule has 0 aliphatic carbocycles. The van der Waals surface area contributed by atoms with Gasteiger partial charge in [0.05, 0.1) is 13.7 Å². The van der Waals surface area contributed by atoms with Gasteiger partial charge in [-0.3, -0.25) is 9.59 Å². The fraction of sp³-hybridized carbons (Fsp3) is 0.412. The van der Waals surface area contributed by atoms with Crippen LogP contribution in [0, 0.1) is 0 Å². The van der Waals surface area contributed by atoms with Gasteiger partial charge in [-0.05, 0) is 18.7 Å². The van der Waals surface area contributed by atoms with Crippen LogP contribution < -0.4 is 15.8 Å². The van der Waals surface area contributed by atoms with Gasteiger partial charge in [-0.25, -0.2) is 0 Å². The molecule has 124 valence electrons. The van der Waals surface area contributed by atoms with Crippen LogP contribution in [0.25, 0.3) is 0 Å². The summed E-state index contributed by atoms with van der Waals surface area (Å²) in [4.78, 5) is 26.6. The number of hydrogen-bond donors (Lipinski definition) is 2. The van der Waals surface area contributed by atoms with Crippen molar-refractivity contribution in [2.24, 2.45) is 5.73 Å². The predicted molar refractivity (Wildman–Crippen MR) is 87.8 cm³/mol. The van der Waals surface area contributed by atoms with E-state index < -0.39 is 6.04 Å². The number of methoxy groups -OCH3 is 1. The minimum Gasteiger partial charge on any atom is -0.496 e. The largest absolute Gasteiger partial charge is 0.496 e. The summed E-state index contributed by atoms with van der Waals surface area (Å²) < 4.78 is 5.45. The predicted octanol–water partition coefficient (Wildman–Crippen LogP) is 1.54. The number of hydrogen-bond acceptors (Lipinski definition) is 4. The maximum atomic E-state index is 12.7. The van der Waals surface area contributed by atoms with Crippen molar-refractivity contribution in [3.8, 4) is 5.75 Å². The Kier molecular flexibility index (Phi) is 5.39. The Bertz CT molecular complexity index is 628. The molecule has 23 heavy (non-hydrogen) atoms. The molecule has 0 radical (unpaired) electrons. The Morgan fingerprint density at radius 1 is 1.57 bits per heavy atom. The first-order valence-corrected chi connectivity index (χ1v) is 7.70. The van der Waals surface area contributed by atoms with Crippen LogP contribution in [0.2, 0.25) is 0 Å². The number of nitrogens with two attached hydrogens (primary N) is 1. The van der Waals surface area contributed by atoms with Crippen LogP contribution in [0.4, 0.5) is 0 Å². The number of carbonyl (C=O) groups is 2. The Morgan fingerprint density at radius 3 is 2.87 bits per heavy atom. The first-order chi connectivity index (χ1) is 11.1. The Morgan fingerprint density at radius 2 is 2.30 bits per heavy atom. The molecular weight excluding hydrogens is 294 g/mol. The first kappa shape index (κ1) is 17.0. The summed E-state index contributed by atoms with van der Waals surface area (Å²) in [6, 6.07) is 3.04. The molecule has 0 fully saturated rings. The zero-order chi connectivity index (χ0) is 17.0. The fourth-order valence-electron chi connectivity index (χ4n) is 3.00. The zero-order valence-corrected chi connectivity index (χ0v) is 13.6. The van der Waals surface area contributed by atoms with Crippen molar-refractivity contribution >= 4 is 11.8 Å². The van der Waals surface area contributed by atoms with E-state index in [1.807, 2.05) is 6.92 Å². The molecule has 1 heterocycles. The molecule has 1 aliphatic rings. The lowest BCUT2D eigenvalue weighted by Gasteiger charge is -2.26. The van der Waals surface area contributed by atoms with Crippen molar-refractivity contribution in [1.82, 2.24) is 10.2 Å². The molecule has 2 rings (SSSR count). The number of benzene rings is 1. The van der Waals surface area contributed by atoms with E-state index in [1.54, 1.807) is 24.1 Å². The van der Waals surface area contributed by atoms with Crippen LogP contribution in [-0.4, -0.2) is 29.9 Å². The molecule has 1 unspecified atom stereocenters. The lowest BCUT2D eigenvalue weighted by atomic mass is 10.0. The molecular formula is C17H23N3O3. The SMILES string of the molecule is C=CNC(=O)C(CCC)N1Cc2c(ccc(CN)c2OC)C1=O. The maximum Gasteiger partial charge on any atom is 0.255 e. The zero-order valence-electron chi connectivity index (χ0n) is 13.6. The lowest BCUT2D eigenvalue weighted by Crippen LogP contribution is -2.45. The van der Waals surface area contributed by atoms with Crippen molar-refractivity contribution in [3.05, 3.63) is 41.6 Å². The number of ether oxygens (including phenoxy) is 1. The van der Waals surface area contributed by atoms with E-state index in [0.29, 0.717) is 30.8 Å². The van der Waals surface area contributed by atoms with Gasteiger partial charge in [0, 0.05) is 23.2 Å². The number of nitrogens with one attached hydrogen (secondary N) is 1. The van der Waals surface area contributed by atoms with Crippen molar-refractivity contribution in [1.29, 1.82) is 0 Å². The van der Waals surface area contributed by atoms with E-state index in [4.69, 9.17) is 10.5 Å². The molecule has 6 nitrogen and oxygen atoms in total. The molecule has 0 bridgehead atoms. The highest BCUT2D eigenvalue weighted by Gasteiger charge is 2.37. The highest BCUT2D eigenvalue weighted by atomic mass is 16.5. The van der Waals surface area contributed by atoms with Gasteiger partial charge in [-0.15, -0.1) is 0 Å². The fourth-order valence-corrected chi connectivity index (χ4v) is 3.00. The first-order valence-electron chi connectivity index (χ1n) is 7.70. The quantitative estimate of drug-likeness (QED) is 0.799. The molecule has 3 N–H and O–H groups in total. The number of amides is 2. The summed E-state index contributed by atoms with van der Waals surface area (Å²) in [5, 5.41) is 2.59. The number of rotatable bonds is 7. The Balaban J connectivity index is 2.38. The monoisotopic (exact) mass is 317 g/mol. The van der Waals surface area contributed by atoms with E-state index in [2.05, 4.69) is 11.9 Å². The van der Waals surface area contributed by atoms with Gasteiger partial charge in [0.2, 0.25) is 5.91 Å². The van der Waals surface area contributed by atoms with Crippen molar-refractivity contribution < 1.29 is 14.3 Å². The Labute approximate surface area is 136 Å². The van der Waals surface area contributed by atoms with Crippen molar-refractivity contribution in [2.45, 2.75) is 38.9 Å². The molecule has 0 aromatic heterocycles. The van der Waals surface area contributed by atoms with E-state index in [0.717, 1.165) is 17.5 Å². The summed E-state index contributed by atoms with van der Waals surface area (Å²) in [5.74, 6) is 0.265. The van der Waals surface area contributed by atoms with E-state index in [-0.39, 0.29) is 11.8 Å². The summed E-state index contributed by atoms with van der Waals surface area (Å²) in [6.45, 7) is 6.17. The molecule has 6 heteroatoms. The standard InChI is InChI=1S/C17H23N3O3/c1-4-6-14(16(21)19-5-2)20-10-13-12(17(20)22)8-7-11(9-18)15(13)23-3/h5,7-8,14H,2,4,6,9-10,18H2,1,3H3,(H,19,21). The molecule has 1 atom stereocenters. The van der Waals surface area contributed by atoms with Crippen LogP contribution in [-0.2, 0) is 17.9 Å². The second-order valence-electron chi connectivity index (χ2n) is 5.44. The van der Waals surface area contributed by atoms with Crippen LogP contribution in [0.3, 0.4) is 0 Å². The molecule has 0 spiro atoms. The lowest BCUT2D eigenvalue weighted by molar-refractivity contribution is -0.125. The van der Waals surface area contributed by atoms with E-state index in [1.165, 1.54) is 6.20 Å². The topological polar surface area (TPSA) is 84.7 Å². The minimum absolute atomic E-state index is 0.153. The van der Waals surface area contributed by atoms with Crippen LogP contribution in [0.5, 0.6) is 5.75 Å². The second-order valence-corrected chi connectivity index (χ2v) is 5.44. The third-order valence-electron chi connectivity index (χ3n) is 4.07. The van der Waals surface area contributed by atoms with Gasteiger partial charge in [0.25, 0.3) is 5.91 Å². The van der Waals surface area contributed by atoms with Gasteiger partial charge >= 0.3 is 0 Å². The van der Waals surface area contributed by atoms with Gasteiger partial charge in [-0.1, -0.05) is 26.0 Å². The van der Waals surface area contributed by atoms with Crippen LogP contribution in [0.15, 0.2) is 24.9 Å². The molecule has 1 aromatic rings. The van der Waals surface area contributed by atoms with E-state index in [9.17, 15) is 9.59 Å². The van der Waals surface area contributed by atoms with Crippen molar-refractivity contribution in [3.63, 3.8) is 0 Å². The third kappa shape index (κ3) is 3.07. The molecule has 2 amide bonds. The molecule has 0 saturated heterocycles. The summed E-state index contributed by atoms with van der Waals surface area (Å²) in [7, 11) is 1.57. The minimum atomic E-state index is -0.524. The maximum absolute atomic E-state index is 12.7. The molecule has 1 aliphatic heterocycles. The Hall–Kier alpha value is -2.34. The van der Waals surface area contributed by atoms with Gasteiger partial charge in [-0.2, -0.15) is 0 Å². The van der Waals surface area contributed by atoms with Crippen LogP contribution >= 0.6 is 0 Å².